The summed E-state index contributed by atoms with van der Waals surface area (Å²) in [5.41, 5.74) is -0.579. The average molecular weight is 190 g/mol. The van der Waals surface area contributed by atoms with E-state index in [0.29, 0.717) is 11.0 Å². The summed E-state index contributed by atoms with van der Waals surface area (Å²) < 4.78 is 5.92. The molecule has 0 spiro atoms. The standard InChI is InChI=1S/C9H19NO3/c1-9(13-5,6-8(11)12)7-10(2,3)4/h6-7H2,1-5H3/p+1. The molecule has 78 valence electrons. The van der Waals surface area contributed by atoms with Gasteiger partial charge in [-0.1, -0.05) is 0 Å². The Labute approximate surface area is 79.7 Å². The van der Waals surface area contributed by atoms with E-state index in [2.05, 4.69) is 0 Å². The van der Waals surface area contributed by atoms with Crippen LogP contribution in [-0.4, -0.2) is 56.0 Å². The normalized spacial score (nSPS) is 16.7. The minimum Gasteiger partial charge on any atom is -0.481 e. The molecule has 0 heterocycles. The number of hydrogen-bond acceptors (Lipinski definition) is 2. The van der Waals surface area contributed by atoms with Crippen LogP contribution in [0.5, 0.6) is 0 Å². The number of quaternary nitrogens is 1. The van der Waals surface area contributed by atoms with Crippen LogP contribution in [0.15, 0.2) is 0 Å². The van der Waals surface area contributed by atoms with E-state index in [9.17, 15) is 4.79 Å². The molecule has 1 atom stereocenters. The highest BCUT2D eigenvalue weighted by molar-refractivity contribution is 5.68. The van der Waals surface area contributed by atoms with Crippen molar-refractivity contribution in [3.8, 4) is 0 Å². The number of carbonyl (C=O) groups is 1. The van der Waals surface area contributed by atoms with E-state index >= 15 is 0 Å². The molecule has 0 aromatic carbocycles. The van der Waals surface area contributed by atoms with Gasteiger partial charge in [0, 0.05) is 7.11 Å². The molecule has 1 N–H and O–H groups in total. The Bertz CT molecular complexity index is 186. The molecule has 4 nitrogen and oxygen atoms in total. The highest BCUT2D eigenvalue weighted by atomic mass is 16.5. The summed E-state index contributed by atoms with van der Waals surface area (Å²) in [5, 5.41) is 8.69. The molecule has 0 amide bonds. The van der Waals surface area contributed by atoms with E-state index in [-0.39, 0.29) is 6.42 Å². The molecule has 0 aliphatic rings. The number of hydrogen-bond donors (Lipinski definition) is 1. The number of ether oxygens (including phenoxy) is 1. The summed E-state index contributed by atoms with van der Waals surface area (Å²) >= 11 is 0. The Morgan fingerprint density at radius 3 is 2.15 bits per heavy atom. The first-order chi connectivity index (χ1) is 5.68. The van der Waals surface area contributed by atoms with Crippen LogP contribution < -0.4 is 0 Å². The van der Waals surface area contributed by atoms with Crippen LogP contribution in [-0.2, 0) is 9.53 Å². The van der Waals surface area contributed by atoms with E-state index in [1.165, 1.54) is 0 Å². The molecule has 0 radical (unpaired) electrons. The fraction of sp³-hybridized carbons (Fsp3) is 0.889. The summed E-state index contributed by atoms with van der Waals surface area (Å²) in [6.07, 6.45) is 0.0407. The molecule has 0 aromatic rings. The number of nitrogens with zero attached hydrogens (tertiary/aromatic N) is 1. The lowest BCUT2D eigenvalue weighted by Gasteiger charge is -2.34. The summed E-state index contributed by atoms with van der Waals surface area (Å²) in [5.74, 6) is -0.821. The van der Waals surface area contributed by atoms with Gasteiger partial charge in [-0.2, -0.15) is 0 Å². The molecule has 0 bridgehead atoms. The van der Waals surface area contributed by atoms with E-state index in [4.69, 9.17) is 9.84 Å². The largest absolute Gasteiger partial charge is 0.481 e. The number of rotatable bonds is 5. The van der Waals surface area contributed by atoms with Gasteiger partial charge < -0.3 is 14.3 Å². The van der Waals surface area contributed by atoms with Crippen molar-refractivity contribution in [1.29, 1.82) is 0 Å². The monoisotopic (exact) mass is 190 g/mol. The second-order valence-corrected chi connectivity index (χ2v) is 4.67. The Kier molecular flexibility index (Phi) is 3.88. The SMILES string of the molecule is COC(C)(CC(=O)O)C[N+](C)(C)C. The first-order valence-corrected chi connectivity index (χ1v) is 4.26. The Morgan fingerprint density at radius 1 is 1.46 bits per heavy atom. The quantitative estimate of drug-likeness (QED) is 0.645. The van der Waals surface area contributed by atoms with Crippen LogP contribution in [0.4, 0.5) is 0 Å². The van der Waals surface area contributed by atoms with E-state index in [1.54, 1.807) is 7.11 Å². The van der Waals surface area contributed by atoms with Gasteiger partial charge in [0.05, 0.1) is 27.6 Å². The van der Waals surface area contributed by atoms with Crippen molar-refractivity contribution < 1.29 is 19.1 Å². The van der Waals surface area contributed by atoms with Gasteiger partial charge in [0.15, 0.2) is 0 Å². The number of carboxylic acids is 1. The second kappa shape index (κ2) is 4.07. The molecule has 0 rings (SSSR count). The predicted molar refractivity (Wildman–Crippen MR) is 50.6 cm³/mol. The highest BCUT2D eigenvalue weighted by Gasteiger charge is 2.33. The third kappa shape index (κ3) is 5.60. The smallest absolute Gasteiger partial charge is 0.306 e. The van der Waals surface area contributed by atoms with Gasteiger partial charge in [-0.25, -0.2) is 0 Å². The van der Waals surface area contributed by atoms with Crippen LogP contribution in [0.1, 0.15) is 13.3 Å². The maximum Gasteiger partial charge on any atom is 0.306 e. The maximum atomic E-state index is 10.6. The lowest BCUT2D eigenvalue weighted by atomic mass is 10.0. The number of carboxylic acid groups (broad SMARTS) is 1. The van der Waals surface area contributed by atoms with Crippen LogP contribution in [0.3, 0.4) is 0 Å². The van der Waals surface area contributed by atoms with Crippen molar-refractivity contribution in [1.82, 2.24) is 0 Å². The number of aliphatic carboxylic acids is 1. The third-order valence-electron chi connectivity index (χ3n) is 1.83. The van der Waals surface area contributed by atoms with Gasteiger partial charge in [-0.05, 0) is 6.92 Å². The van der Waals surface area contributed by atoms with Gasteiger partial charge in [0.1, 0.15) is 12.1 Å². The van der Waals surface area contributed by atoms with Crippen LogP contribution in [0.25, 0.3) is 0 Å². The van der Waals surface area contributed by atoms with E-state index in [1.807, 2.05) is 28.1 Å². The van der Waals surface area contributed by atoms with Crippen molar-refractivity contribution >= 4 is 5.97 Å². The van der Waals surface area contributed by atoms with Gasteiger partial charge in [0.2, 0.25) is 0 Å². The number of methoxy groups -OCH3 is 1. The van der Waals surface area contributed by atoms with Gasteiger partial charge >= 0.3 is 5.97 Å². The topological polar surface area (TPSA) is 46.5 Å². The van der Waals surface area contributed by atoms with Crippen molar-refractivity contribution in [2.45, 2.75) is 18.9 Å². The lowest BCUT2D eigenvalue weighted by Crippen LogP contribution is -2.49. The molecule has 4 heteroatoms. The molecule has 13 heavy (non-hydrogen) atoms. The highest BCUT2D eigenvalue weighted by Crippen LogP contribution is 2.17. The minimum absolute atomic E-state index is 0.0407. The second-order valence-electron chi connectivity index (χ2n) is 4.67. The fourth-order valence-electron chi connectivity index (χ4n) is 1.52. The number of likely N-dealkylation sites (N-methyl/N-ethyl adjacent to an activating group) is 1. The van der Waals surface area contributed by atoms with E-state index < -0.39 is 11.6 Å². The molecule has 0 saturated heterocycles. The molecule has 0 aliphatic heterocycles. The Hall–Kier alpha value is -0.610. The summed E-state index contributed by atoms with van der Waals surface area (Å²) in [4.78, 5) is 10.6. The summed E-state index contributed by atoms with van der Waals surface area (Å²) in [6, 6.07) is 0. The molecular formula is C9H20NO3+. The maximum absolute atomic E-state index is 10.6. The molecule has 0 saturated carbocycles. The van der Waals surface area contributed by atoms with Gasteiger partial charge in [0.25, 0.3) is 0 Å². The zero-order chi connectivity index (χ0) is 10.7. The predicted octanol–water partition coefficient (Wildman–Crippen LogP) is 0.572. The third-order valence-corrected chi connectivity index (χ3v) is 1.83. The summed E-state index contributed by atoms with van der Waals surface area (Å²) in [7, 11) is 7.59. The van der Waals surface area contributed by atoms with Gasteiger partial charge in [-0.15, -0.1) is 0 Å². The van der Waals surface area contributed by atoms with Gasteiger partial charge in [-0.3, -0.25) is 4.79 Å². The lowest BCUT2D eigenvalue weighted by molar-refractivity contribution is -0.876. The zero-order valence-corrected chi connectivity index (χ0v) is 9.13. The Morgan fingerprint density at radius 2 is 1.92 bits per heavy atom. The van der Waals surface area contributed by atoms with Crippen molar-refractivity contribution in [3.63, 3.8) is 0 Å². The fourth-order valence-corrected chi connectivity index (χ4v) is 1.52. The van der Waals surface area contributed by atoms with Crippen LogP contribution >= 0.6 is 0 Å². The van der Waals surface area contributed by atoms with E-state index in [0.717, 1.165) is 0 Å². The van der Waals surface area contributed by atoms with Crippen molar-refractivity contribution in [2.75, 3.05) is 34.8 Å². The average Bonchev–Trinajstić information content (AvgIpc) is 1.81. The molecule has 0 fully saturated rings. The molecule has 0 aromatic heterocycles. The summed E-state index contributed by atoms with van der Waals surface area (Å²) in [6.45, 7) is 2.50. The molecular weight excluding hydrogens is 170 g/mol. The first-order valence-electron chi connectivity index (χ1n) is 4.26. The van der Waals surface area contributed by atoms with Crippen molar-refractivity contribution in [2.24, 2.45) is 0 Å². The van der Waals surface area contributed by atoms with Crippen LogP contribution in [0, 0.1) is 0 Å². The minimum atomic E-state index is -0.821. The zero-order valence-electron chi connectivity index (χ0n) is 9.13. The van der Waals surface area contributed by atoms with Crippen molar-refractivity contribution in [3.05, 3.63) is 0 Å². The Balaban J connectivity index is 4.36. The molecule has 0 aliphatic carbocycles. The van der Waals surface area contributed by atoms with Crippen LogP contribution in [0.2, 0.25) is 0 Å². The molecule has 1 unspecified atom stereocenters. The first kappa shape index (κ1) is 12.4.